The number of hydrogen-bond acceptors (Lipinski definition) is 3. The van der Waals surface area contributed by atoms with Crippen LogP contribution in [-0.2, 0) is 11.1 Å². The smallest absolute Gasteiger partial charge is 1.00 e. The van der Waals surface area contributed by atoms with Gasteiger partial charge >= 0.3 is 29.6 Å². The summed E-state index contributed by atoms with van der Waals surface area (Å²) in [6.45, 7) is 0. The fraction of sp³-hybridized carbons (Fsp3) is 0. The number of ketones is 2. The van der Waals surface area contributed by atoms with Crippen LogP contribution in [0.1, 0.15) is 33.3 Å². The van der Waals surface area contributed by atoms with Gasteiger partial charge in [0.05, 0.1) is 4.90 Å². The van der Waals surface area contributed by atoms with Gasteiger partial charge in [0, 0.05) is 22.3 Å². The first-order valence-corrected chi connectivity index (χ1v) is 6.63. The second-order valence-electron chi connectivity index (χ2n) is 4.16. The van der Waals surface area contributed by atoms with Crippen LogP contribution in [0.15, 0.2) is 47.4 Å². The van der Waals surface area contributed by atoms with Crippen molar-refractivity contribution < 1.29 is 49.3 Å². The number of carbonyl (C=O) groups is 2. The summed E-state index contributed by atoms with van der Waals surface area (Å²) in [5.74, 6) is -0.530. The van der Waals surface area contributed by atoms with E-state index in [1.54, 1.807) is 24.3 Å². The van der Waals surface area contributed by atoms with Gasteiger partial charge in [0.15, 0.2) is 22.6 Å². The van der Waals surface area contributed by atoms with Crippen molar-refractivity contribution in [2.75, 3.05) is 0 Å². The molecule has 0 heterocycles. The molecule has 1 N–H and O–H groups in total. The molecule has 2 aromatic rings. The van der Waals surface area contributed by atoms with Crippen LogP contribution in [0.4, 0.5) is 0 Å². The Morgan fingerprint density at radius 1 is 0.850 bits per heavy atom. The van der Waals surface area contributed by atoms with Crippen LogP contribution < -0.4 is 29.6 Å². The van der Waals surface area contributed by atoms with Gasteiger partial charge < -0.3 is 5.98 Å². The first-order valence-electron chi connectivity index (χ1n) is 5.53. The zero-order chi connectivity index (χ0) is 13.6. The van der Waals surface area contributed by atoms with Crippen molar-refractivity contribution >= 4 is 22.6 Å². The van der Waals surface area contributed by atoms with Crippen molar-refractivity contribution in [1.29, 1.82) is 0 Å². The summed E-state index contributed by atoms with van der Waals surface area (Å²) in [5.41, 5.74) is 1.17. The van der Waals surface area contributed by atoms with Gasteiger partial charge in [-0.2, -0.15) is 0 Å². The van der Waals surface area contributed by atoms with Gasteiger partial charge in [0.2, 0.25) is 0 Å². The third-order valence-corrected chi connectivity index (χ3v) is 3.76. The summed E-state index contributed by atoms with van der Waals surface area (Å²) in [6.07, 6.45) is 0. The fourth-order valence-electron chi connectivity index (χ4n) is 2.19. The third-order valence-electron chi connectivity index (χ3n) is 3.10. The van der Waals surface area contributed by atoms with Crippen molar-refractivity contribution in [2.45, 2.75) is 4.90 Å². The molecule has 0 amide bonds. The molecule has 0 radical (unpaired) electrons. The summed E-state index contributed by atoms with van der Waals surface area (Å²) < 4.78 is 20.1. The van der Waals surface area contributed by atoms with Crippen molar-refractivity contribution in [1.82, 2.24) is 0 Å². The molecule has 6 heteroatoms. The Bertz CT molecular complexity index is 760. The molecule has 1 atom stereocenters. The molecule has 1 aliphatic carbocycles. The maximum atomic E-state index is 12.3. The van der Waals surface area contributed by atoms with E-state index in [-0.39, 0.29) is 58.6 Å². The van der Waals surface area contributed by atoms with Gasteiger partial charge in [-0.15, -0.1) is 0 Å². The Morgan fingerprint density at radius 2 is 1.35 bits per heavy atom. The Hall–Kier alpha value is -1.11. The third kappa shape index (κ3) is 2.32. The maximum absolute atomic E-state index is 12.3. The number of hydrogen-bond donors (Lipinski definition) is 1. The van der Waals surface area contributed by atoms with E-state index in [0.717, 1.165) is 0 Å². The van der Waals surface area contributed by atoms with Crippen molar-refractivity contribution in [3.05, 3.63) is 64.7 Å². The zero-order valence-corrected chi connectivity index (χ0v) is 13.4. The van der Waals surface area contributed by atoms with Gasteiger partial charge in [-0.05, 0) is 18.2 Å². The molecule has 4 nitrogen and oxygen atoms in total. The molecule has 0 saturated carbocycles. The van der Waals surface area contributed by atoms with Crippen LogP contribution in [0.25, 0.3) is 0 Å². The Morgan fingerprint density at radius 3 is 1.90 bits per heavy atom. The van der Waals surface area contributed by atoms with E-state index in [2.05, 4.69) is 0 Å². The SMILES string of the molecule is O=C1c2ccccc2C(=O)c2cc(S(=O)O)ccc21.[H-].[Na+]. The van der Waals surface area contributed by atoms with Gasteiger partial charge in [0.1, 0.15) is 0 Å². The number of fused-ring (bicyclic) bond motifs is 2. The summed E-state index contributed by atoms with van der Waals surface area (Å²) in [5, 5.41) is 0. The van der Waals surface area contributed by atoms with Gasteiger partial charge in [0.25, 0.3) is 0 Å². The first-order chi connectivity index (χ1) is 9.09. The van der Waals surface area contributed by atoms with Gasteiger partial charge in [-0.25, -0.2) is 4.21 Å². The summed E-state index contributed by atoms with van der Waals surface area (Å²) in [7, 11) is 0. The van der Waals surface area contributed by atoms with E-state index in [9.17, 15) is 13.8 Å². The molecule has 0 fully saturated rings. The van der Waals surface area contributed by atoms with Crippen LogP contribution in [0.2, 0.25) is 0 Å². The fourth-order valence-corrected chi connectivity index (χ4v) is 2.59. The molecule has 0 spiro atoms. The number of benzene rings is 2. The van der Waals surface area contributed by atoms with Crippen molar-refractivity contribution in [3.63, 3.8) is 0 Å². The Labute approximate surface area is 141 Å². The standard InChI is InChI=1S/C14H8O4S.Na.H/c15-13-9-3-1-2-4-10(9)14(16)12-7-8(19(17)18)5-6-11(12)13;;/h1-7H,(H,17,18);;/q;+1;-1. The van der Waals surface area contributed by atoms with E-state index in [1.807, 2.05) is 0 Å². The average Bonchev–Trinajstić information content (AvgIpc) is 2.44. The minimum Gasteiger partial charge on any atom is -1.00 e. The quantitative estimate of drug-likeness (QED) is 0.469. The summed E-state index contributed by atoms with van der Waals surface area (Å²) in [4.78, 5) is 24.7. The molecule has 0 aromatic heterocycles. The predicted octanol–water partition coefficient (Wildman–Crippen LogP) is -0.841. The molecule has 3 rings (SSSR count). The van der Waals surface area contributed by atoms with Gasteiger partial charge in [-0.1, -0.05) is 24.3 Å². The molecule has 20 heavy (non-hydrogen) atoms. The van der Waals surface area contributed by atoms with E-state index < -0.39 is 11.1 Å². The number of carbonyl (C=O) groups excluding carboxylic acids is 2. The predicted molar refractivity (Wildman–Crippen MR) is 69.9 cm³/mol. The monoisotopic (exact) mass is 296 g/mol. The number of rotatable bonds is 1. The summed E-state index contributed by atoms with van der Waals surface area (Å²) >= 11 is -2.17. The molecular weight excluding hydrogens is 287 g/mol. The van der Waals surface area contributed by atoms with E-state index in [4.69, 9.17) is 4.55 Å². The van der Waals surface area contributed by atoms with Gasteiger partial charge in [-0.3, -0.25) is 9.59 Å². The largest absolute Gasteiger partial charge is 1.00 e. The minimum absolute atomic E-state index is 0. The molecule has 96 valence electrons. The van der Waals surface area contributed by atoms with Crippen molar-refractivity contribution in [3.8, 4) is 0 Å². The van der Waals surface area contributed by atoms with Crippen molar-refractivity contribution in [2.24, 2.45) is 0 Å². The molecule has 0 aliphatic heterocycles. The molecule has 0 saturated heterocycles. The van der Waals surface area contributed by atoms with E-state index in [0.29, 0.717) is 11.1 Å². The van der Waals surface area contributed by atoms with Crippen LogP contribution in [0.3, 0.4) is 0 Å². The van der Waals surface area contributed by atoms with Crippen LogP contribution in [-0.4, -0.2) is 20.3 Å². The average molecular weight is 296 g/mol. The molecule has 1 aliphatic rings. The molecule has 1 unspecified atom stereocenters. The second-order valence-corrected chi connectivity index (χ2v) is 5.13. The topological polar surface area (TPSA) is 71.4 Å². The Kier molecular flexibility index (Phi) is 4.36. The Balaban J connectivity index is 0.00000110. The second kappa shape index (κ2) is 5.71. The molecule has 2 aromatic carbocycles. The van der Waals surface area contributed by atoms with Crippen LogP contribution in [0, 0.1) is 0 Å². The molecule has 0 bridgehead atoms. The maximum Gasteiger partial charge on any atom is 1.00 e. The van der Waals surface area contributed by atoms with E-state index in [1.165, 1.54) is 18.2 Å². The van der Waals surface area contributed by atoms with Crippen LogP contribution >= 0.6 is 0 Å². The van der Waals surface area contributed by atoms with Crippen LogP contribution in [0.5, 0.6) is 0 Å². The minimum atomic E-state index is -2.17. The zero-order valence-electron chi connectivity index (χ0n) is 11.6. The molecular formula is C14H9NaO4S. The first kappa shape index (κ1) is 15.3. The summed E-state index contributed by atoms with van der Waals surface area (Å²) in [6, 6.07) is 10.7. The van der Waals surface area contributed by atoms with E-state index >= 15 is 0 Å². The normalized spacial score (nSPS) is 14.1.